The molecule has 2 aromatic carbocycles. The van der Waals surface area contributed by atoms with E-state index in [1.165, 1.54) is 0 Å². The van der Waals surface area contributed by atoms with Crippen LogP contribution in [0.3, 0.4) is 0 Å². The lowest BCUT2D eigenvalue weighted by Crippen LogP contribution is -2.36. The second-order valence-electron chi connectivity index (χ2n) is 7.41. The number of nitrogens with one attached hydrogen (secondary N) is 2. The van der Waals surface area contributed by atoms with Crippen molar-refractivity contribution in [2.45, 2.75) is 18.7 Å². The first kappa shape index (κ1) is 21.1. The summed E-state index contributed by atoms with van der Waals surface area (Å²) in [6.07, 6.45) is 0. The van der Waals surface area contributed by atoms with Gasteiger partial charge >= 0.3 is 0 Å². The zero-order valence-electron chi connectivity index (χ0n) is 17.5. The molecule has 162 valence electrons. The first-order valence-electron chi connectivity index (χ1n) is 10.0. The molecule has 31 heavy (non-hydrogen) atoms. The van der Waals surface area contributed by atoms with Gasteiger partial charge in [-0.3, -0.25) is 4.72 Å². The van der Waals surface area contributed by atoms with Crippen LogP contribution in [-0.4, -0.2) is 44.7 Å². The number of ether oxygens (including phenoxy) is 1. The van der Waals surface area contributed by atoms with Gasteiger partial charge in [0.25, 0.3) is 10.0 Å². The lowest BCUT2D eigenvalue weighted by molar-refractivity contribution is 0.122. The Morgan fingerprint density at radius 3 is 2.35 bits per heavy atom. The molecule has 2 N–H and O–H groups in total. The molecule has 1 fully saturated rings. The Balaban J connectivity index is 1.47. The van der Waals surface area contributed by atoms with Crippen LogP contribution in [0.15, 0.2) is 59.5 Å². The van der Waals surface area contributed by atoms with Crippen LogP contribution in [-0.2, 0) is 14.8 Å². The number of aryl methyl sites for hydroxylation is 2. The normalized spacial score (nSPS) is 14.3. The number of hydrogen-bond donors (Lipinski definition) is 2. The highest BCUT2D eigenvalue weighted by atomic mass is 32.2. The molecule has 0 unspecified atom stereocenters. The minimum Gasteiger partial charge on any atom is -0.378 e. The van der Waals surface area contributed by atoms with Crippen molar-refractivity contribution in [3.05, 3.63) is 65.9 Å². The predicted octanol–water partition coefficient (Wildman–Crippen LogP) is 3.47. The summed E-state index contributed by atoms with van der Waals surface area (Å²) in [5.74, 6) is 1.36. The molecule has 0 saturated carbocycles. The van der Waals surface area contributed by atoms with Crippen molar-refractivity contribution in [3.8, 4) is 0 Å². The fourth-order valence-corrected chi connectivity index (χ4v) is 4.47. The second kappa shape index (κ2) is 8.91. The summed E-state index contributed by atoms with van der Waals surface area (Å²) in [6, 6.07) is 15.7. The van der Waals surface area contributed by atoms with Crippen molar-refractivity contribution in [2.75, 3.05) is 41.2 Å². The Bertz CT molecular complexity index is 1160. The van der Waals surface area contributed by atoms with Crippen molar-refractivity contribution < 1.29 is 13.2 Å². The molecular formula is C22H25N5O3S. The molecule has 1 aromatic heterocycles. The van der Waals surface area contributed by atoms with Crippen molar-refractivity contribution in [2.24, 2.45) is 0 Å². The van der Waals surface area contributed by atoms with E-state index in [0.717, 1.165) is 35.9 Å². The summed E-state index contributed by atoms with van der Waals surface area (Å²) in [5.41, 5.74) is 2.99. The van der Waals surface area contributed by atoms with Gasteiger partial charge in [0.15, 0.2) is 0 Å². The summed E-state index contributed by atoms with van der Waals surface area (Å²) in [5, 5.41) is 3.20. The van der Waals surface area contributed by atoms with Crippen LogP contribution in [0.4, 0.5) is 23.1 Å². The molecule has 0 amide bonds. The van der Waals surface area contributed by atoms with Crippen LogP contribution >= 0.6 is 0 Å². The van der Waals surface area contributed by atoms with Crippen molar-refractivity contribution in [1.29, 1.82) is 0 Å². The average Bonchev–Trinajstić information content (AvgIpc) is 2.75. The average molecular weight is 440 g/mol. The molecule has 0 atom stereocenters. The Morgan fingerprint density at radius 2 is 1.65 bits per heavy atom. The Hall–Kier alpha value is -3.17. The first-order valence-corrected chi connectivity index (χ1v) is 11.5. The number of nitrogens with zero attached hydrogens (tertiary/aromatic N) is 3. The van der Waals surface area contributed by atoms with Gasteiger partial charge in [-0.25, -0.2) is 13.4 Å². The fourth-order valence-electron chi connectivity index (χ4n) is 3.31. The summed E-state index contributed by atoms with van der Waals surface area (Å²) < 4.78 is 33.2. The number of aromatic nitrogens is 2. The predicted molar refractivity (Wildman–Crippen MR) is 122 cm³/mol. The third-order valence-corrected chi connectivity index (χ3v) is 6.25. The molecule has 1 aliphatic heterocycles. The van der Waals surface area contributed by atoms with E-state index in [-0.39, 0.29) is 4.90 Å². The van der Waals surface area contributed by atoms with Gasteiger partial charge in [-0.1, -0.05) is 12.1 Å². The highest BCUT2D eigenvalue weighted by molar-refractivity contribution is 7.92. The highest BCUT2D eigenvalue weighted by Crippen LogP contribution is 2.22. The standard InChI is InChI=1S/C22H25N5O3S/c1-16-4-3-5-20(14-16)31(28,29)26-19-8-6-18(7-9-19)24-22-23-17(2)15-21(25-22)27-10-12-30-13-11-27/h3-9,14-15,26H,10-13H2,1-2H3,(H,23,24,25). The van der Waals surface area contributed by atoms with Gasteiger partial charge in [-0.05, 0) is 55.8 Å². The lowest BCUT2D eigenvalue weighted by atomic mass is 10.2. The summed E-state index contributed by atoms with van der Waals surface area (Å²) >= 11 is 0. The van der Waals surface area contributed by atoms with Gasteiger partial charge in [0.2, 0.25) is 5.95 Å². The quantitative estimate of drug-likeness (QED) is 0.607. The van der Waals surface area contributed by atoms with Gasteiger partial charge in [0.1, 0.15) is 5.82 Å². The number of morpholine rings is 1. The monoisotopic (exact) mass is 439 g/mol. The van der Waals surface area contributed by atoms with Crippen LogP contribution in [0.5, 0.6) is 0 Å². The lowest BCUT2D eigenvalue weighted by Gasteiger charge is -2.28. The van der Waals surface area contributed by atoms with E-state index in [0.29, 0.717) is 24.8 Å². The maximum atomic E-state index is 12.6. The van der Waals surface area contributed by atoms with Gasteiger partial charge in [0.05, 0.1) is 18.1 Å². The zero-order chi connectivity index (χ0) is 21.8. The first-order chi connectivity index (χ1) is 14.9. The maximum Gasteiger partial charge on any atom is 0.261 e. The summed E-state index contributed by atoms with van der Waals surface area (Å²) in [7, 11) is -3.64. The van der Waals surface area contributed by atoms with Crippen LogP contribution in [0.1, 0.15) is 11.3 Å². The zero-order valence-corrected chi connectivity index (χ0v) is 18.3. The molecule has 0 radical (unpaired) electrons. The molecule has 9 heteroatoms. The minimum atomic E-state index is -3.64. The second-order valence-corrected chi connectivity index (χ2v) is 9.10. The van der Waals surface area contributed by atoms with E-state index in [9.17, 15) is 8.42 Å². The van der Waals surface area contributed by atoms with Crippen LogP contribution in [0, 0.1) is 13.8 Å². The number of benzene rings is 2. The van der Waals surface area contributed by atoms with Gasteiger partial charge in [-0.2, -0.15) is 4.98 Å². The Morgan fingerprint density at radius 1 is 0.935 bits per heavy atom. The smallest absolute Gasteiger partial charge is 0.261 e. The van der Waals surface area contributed by atoms with Crippen LogP contribution < -0.4 is 14.9 Å². The molecule has 1 aliphatic rings. The van der Waals surface area contributed by atoms with E-state index in [4.69, 9.17) is 4.74 Å². The number of hydrogen-bond acceptors (Lipinski definition) is 7. The molecule has 0 bridgehead atoms. The molecule has 1 saturated heterocycles. The fraction of sp³-hybridized carbons (Fsp3) is 0.273. The topological polar surface area (TPSA) is 96.5 Å². The van der Waals surface area contributed by atoms with E-state index in [1.807, 2.05) is 26.0 Å². The molecule has 0 spiro atoms. The van der Waals surface area contributed by atoms with E-state index < -0.39 is 10.0 Å². The van der Waals surface area contributed by atoms with Crippen molar-refractivity contribution >= 4 is 33.2 Å². The molecule has 4 rings (SSSR count). The minimum absolute atomic E-state index is 0.235. The third-order valence-electron chi connectivity index (χ3n) is 4.87. The summed E-state index contributed by atoms with van der Waals surface area (Å²) in [4.78, 5) is 11.5. The van der Waals surface area contributed by atoms with Crippen LogP contribution in [0.25, 0.3) is 0 Å². The number of sulfonamides is 1. The summed E-state index contributed by atoms with van der Waals surface area (Å²) in [6.45, 7) is 6.76. The molecule has 2 heterocycles. The van der Waals surface area contributed by atoms with Crippen molar-refractivity contribution in [3.63, 3.8) is 0 Å². The number of anilines is 4. The molecule has 0 aliphatic carbocycles. The Labute approximate surface area is 182 Å². The molecule has 3 aromatic rings. The van der Waals surface area contributed by atoms with Gasteiger partial charge in [-0.15, -0.1) is 0 Å². The third kappa shape index (κ3) is 5.31. The van der Waals surface area contributed by atoms with E-state index >= 15 is 0 Å². The van der Waals surface area contributed by atoms with E-state index in [1.54, 1.807) is 42.5 Å². The van der Waals surface area contributed by atoms with Gasteiger partial charge in [0, 0.05) is 36.2 Å². The number of rotatable bonds is 6. The van der Waals surface area contributed by atoms with Gasteiger partial charge < -0.3 is 15.0 Å². The maximum absolute atomic E-state index is 12.6. The van der Waals surface area contributed by atoms with E-state index in [2.05, 4.69) is 24.9 Å². The highest BCUT2D eigenvalue weighted by Gasteiger charge is 2.15. The SMILES string of the molecule is Cc1cccc(S(=O)(=O)Nc2ccc(Nc3nc(C)cc(N4CCOCC4)n3)cc2)c1. The molecular weight excluding hydrogens is 414 g/mol. The largest absolute Gasteiger partial charge is 0.378 e. The van der Waals surface area contributed by atoms with Crippen LogP contribution in [0.2, 0.25) is 0 Å². The Kier molecular flexibility index (Phi) is 6.06. The molecule has 8 nitrogen and oxygen atoms in total. The van der Waals surface area contributed by atoms with Crippen molar-refractivity contribution in [1.82, 2.24) is 9.97 Å².